The van der Waals surface area contributed by atoms with Crippen LogP contribution in [-0.2, 0) is 6.54 Å². The summed E-state index contributed by atoms with van der Waals surface area (Å²) in [5, 5.41) is 6.11. The van der Waals surface area contributed by atoms with Crippen LogP contribution in [0, 0.1) is 0 Å². The molecule has 2 amide bonds. The lowest BCUT2D eigenvalue weighted by Crippen LogP contribution is -2.48. The third kappa shape index (κ3) is 5.29. The van der Waals surface area contributed by atoms with Gasteiger partial charge in [-0.25, -0.2) is 4.79 Å². The first-order valence-corrected chi connectivity index (χ1v) is 8.94. The van der Waals surface area contributed by atoms with Crippen LogP contribution in [0.5, 0.6) is 0 Å². The fraction of sp³-hybridized carbons (Fsp3) is 0.400. The average Bonchev–Trinajstić information content (AvgIpc) is 2.65. The highest BCUT2D eigenvalue weighted by molar-refractivity contribution is 5.74. The molecule has 1 aromatic heterocycles. The first-order valence-electron chi connectivity index (χ1n) is 8.94. The Hall–Kier alpha value is -2.40. The second kappa shape index (κ2) is 8.62. The highest BCUT2D eigenvalue weighted by Crippen LogP contribution is 2.14. The van der Waals surface area contributed by atoms with Crippen LogP contribution in [0.15, 0.2) is 54.9 Å². The van der Waals surface area contributed by atoms with Crippen LogP contribution < -0.4 is 10.6 Å². The lowest BCUT2D eigenvalue weighted by Gasteiger charge is -2.32. The zero-order chi connectivity index (χ0) is 17.5. The molecular formula is C20H26N4O. The van der Waals surface area contributed by atoms with E-state index in [-0.39, 0.29) is 18.1 Å². The third-order valence-electron chi connectivity index (χ3n) is 4.73. The Labute approximate surface area is 149 Å². The van der Waals surface area contributed by atoms with Crippen LogP contribution in [0.3, 0.4) is 0 Å². The van der Waals surface area contributed by atoms with E-state index in [1.54, 1.807) is 12.4 Å². The number of piperidine rings is 1. The molecule has 1 fully saturated rings. The van der Waals surface area contributed by atoms with Gasteiger partial charge in [0.2, 0.25) is 0 Å². The Morgan fingerprint density at radius 3 is 2.52 bits per heavy atom. The smallest absolute Gasteiger partial charge is 0.315 e. The van der Waals surface area contributed by atoms with Crippen LogP contribution in [-0.4, -0.2) is 35.0 Å². The number of benzene rings is 1. The van der Waals surface area contributed by atoms with E-state index in [2.05, 4.69) is 44.8 Å². The maximum absolute atomic E-state index is 12.2. The molecule has 1 unspecified atom stereocenters. The standard InChI is InChI=1S/C20H26N4O/c1-16(18-7-11-21-12-8-18)22-20(25)23-19-9-13-24(14-10-19)15-17-5-3-2-4-6-17/h2-8,11-12,16,19H,9-10,13-15H2,1H3,(H2,22,23,25). The van der Waals surface area contributed by atoms with E-state index >= 15 is 0 Å². The van der Waals surface area contributed by atoms with Crippen LogP contribution in [0.1, 0.15) is 36.9 Å². The van der Waals surface area contributed by atoms with Gasteiger partial charge in [0.05, 0.1) is 6.04 Å². The van der Waals surface area contributed by atoms with Gasteiger partial charge in [0, 0.05) is 38.1 Å². The first-order chi connectivity index (χ1) is 12.2. The van der Waals surface area contributed by atoms with Crippen molar-refractivity contribution in [3.05, 3.63) is 66.0 Å². The summed E-state index contributed by atoms with van der Waals surface area (Å²) in [4.78, 5) is 18.7. The SMILES string of the molecule is CC(NC(=O)NC1CCN(Cc2ccccc2)CC1)c1ccncc1. The number of carbonyl (C=O) groups is 1. The van der Waals surface area contributed by atoms with Crippen molar-refractivity contribution < 1.29 is 4.79 Å². The Morgan fingerprint density at radius 1 is 1.16 bits per heavy atom. The zero-order valence-corrected chi connectivity index (χ0v) is 14.7. The van der Waals surface area contributed by atoms with Gasteiger partial charge in [0.1, 0.15) is 0 Å². The average molecular weight is 338 g/mol. The van der Waals surface area contributed by atoms with Gasteiger partial charge in [0.15, 0.2) is 0 Å². The van der Waals surface area contributed by atoms with Gasteiger partial charge in [-0.3, -0.25) is 9.88 Å². The minimum absolute atomic E-state index is 0.0267. The number of likely N-dealkylation sites (tertiary alicyclic amines) is 1. The summed E-state index contributed by atoms with van der Waals surface area (Å²) in [5.41, 5.74) is 2.40. The van der Waals surface area contributed by atoms with E-state index in [1.165, 1.54) is 5.56 Å². The molecule has 2 aromatic rings. The van der Waals surface area contributed by atoms with E-state index in [0.29, 0.717) is 0 Å². The number of amides is 2. The largest absolute Gasteiger partial charge is 0.335 e. The van der Waals surface area contributed by atoms with Gasteiger partial charge in [0.25, 0.3) is 0 Å². The number of pyridine rings is 1. The molecule has 132 valence electrons. The van der Waals surface area contributed by atoms with Crippen molar-refractivity contribution in [2.75, 3.05) is 13.1 Å². The monoisotopic (exact) mass is 338 g/mol. The maximum Gasteiger partial charge on any atom is 0.315 e. The van der Waals surface area contributed by atoms with Crippen molar-refractivity contribution >= 4 is 6.03 Å². The third-order valence-corrected chi connectivity index (χ3v) is 4.73. The molecule has 1 aliphatic heterocycles. The molecule has 2 N–H and O–H groups in total. The molecule has 2 heterocycles. The highest BCUT2D eigenvalue weighted by atomic mass is 16.2. The lowest BCUT2D eigenvalue weighted by molar-refractivity contribution is 0.186. The maximum atomic E-state index is 12.2. The number of carbonyl (C=O) groups excluding carboxylic acids is 1. The predicted molar refractivity (Wildman–Crippen MR) is 99.1 cm³/mol. The topological polar surface area (TPSA) is 57.3 Å². The molecule has 0 radical (unpaired) electrons. The van der Waals surface area contributed by atoms with Crippen LogP contribution >= 0.6 is 0 Å². The number of nitrogens with one attached hydrogen (secondary N) is 2. The minimum atomic E-state index is -0.0918. The lowest BCUT2D eigenvalue weighted by atomic mass is 10.0. The van der Waals surface area contributed by atoms with Gasteiger partial charge in [-0.1, -0.05) is 30.3 Å². The molecular weight excluding hydrogens is 312 g/mol. The molecule has 0 bridgehead atoms. The van der Waals surface area contributed by atoms with E-state index in [9.17, 15) is 4.79 Å². The van der Waals surface area contributed by atoms with Gasteiger partial charge < -0.3 is 10.6 Å². The molecule has 1 atom stereocenters. The Kier molecular flexibility index (Phi) is 6.01. The molecule has 0 aliphatic carbocycles. The van der Waals surface area contributed by atoms with Gasteiger partial charge in [-0.05, 0) is 43.0 Å². The second-order valence-corrected chi connectivity index (χ2v) is 6.66. The summed E-state index contributed by atoms with van der Waals surface area (Å²) in [7, 11) is 0. The van der Waals surface area contributed by atoms with E-state index in [0.717, 1.165) is 38.0 Å². The summed E-state index contributed by atoms with van der Waals surface area (Å²) >= 11 is 0. The Bertz CT molecular complexity index is 654. The van der Waals surface area contributed by atoms with Gasteiger partial charge >= 0.3 is 6.03 Å². The van der Waals surface area contributed by atoms with Crippen molar-refractivity contribution in [1.82, 2.24) is 20.5 Å². The molecule has 1 aliphatic rings. The molecule has 0 spiro atoms. The fourth-order valence-electron chi connectivity index (χ4n) is 3.24. The quantitative estimate of drug-likeness (QED) is 0.881. The summed E-state index contributed by atoms with van der Waals surface area (Å²) in [5.74, 6) is 0. The highest BCUT2D eigenvalue weighted by Gasteiger charge is 2.21. The van der Waals surface area contributed by atoms with E-state index in [1.807, 2.05) is 25.1 Å². The summed E-state index contributed by atoms with van der Waals surface area (Å²) in [6, 6.07) is 14.5. The fourth-order valence-corrected chi connectivity index (χ4v) is 3.24. The van der Waals surface area contributed by atoms with Crippen LogP contribution in [0.4, 0.5) is 4.79 Å². The Balaban J connectivity index is 1.40. The molecule has 1 saturated heterocycles. The zero-order valence-electron chi connectivity index (χ0n) is 14.7. The van der Waals surface area contributed by atoms with Crippen molar-refractivity contribution in [1.29, 1.82) is 0 Å². The summed E-state index contributed by atoms with van der Waals surface area (Å²) in [6.45, 7) is 5.00. The number of aromatic nitrogens is 1. The van der Waals surface area contributed by atoms with Crippen LogP contribution in [0.25, 0.3) is 0 Å². The molecule has 25 heavy (non-hydrogen) atoms. The molecule has 3 rings (SSSR count). The molecule has 0 saturated carbocycles. The van der Waals surface area contributed by atoms with E-state index in [4.69, 9.17) is 0 Å². The van der Waals surface area contributed by atoms with Gasteiger partial charge in [-0.2, -0.15) is 0 Å². The molecule has 5 nitrogen and oxygen atoms in total. The second-order valence-electron chi connectivity index (χ2n) is 6.66. The minimum Gasteiger partial charge on any atom is -0.335 e. The number of rotatable bonds is 5. The summed E-state index contributed by atoms with van der Waals surface area (Å²) in [6.07, 6.45) is 5.47. The predicted octanol–water partition coefficient (Wildman–Crippen LogP) is 3.11. The normalized spacial score (nSPS) is 17.0. The number of urea groups is 1. The number of hydrogen-bond donors (Lipinski definition) is 2. The summed E-state index contributed by atoms with van der Waals surface area (Å²) < 4.78 is 0. The Morgan fingerprint density at radius 2 is 1.84 bits per heavy atom. The number of nitrogens with zero attached hydrogens (tertiary/aromatic N) is 2. The number of hydrogen-bond acceptors (Lipinski definition) is 3. The molecule has 1 aromatic carbocycles. The van der Waals surface area contributed by atoms with Crippen LogP contribution in [0.2, 0.25) is 0 Å². The van der Waals surface area contributed by atoms with Crippen molar-refractivity contribution in [3.63, 3.8) is 0 Å². The van der Waals surface area contributed by atoms with Crippen molar-refractivity contribution in [2.24, 2.45) is 0 Å². The van der Waals surface area contributed by atoms with Gasteiger partial charge in [-0.15, -0.1) is 0 Å². The first kappa shape index (κ1) is 17.4. The van der Waals surface area contributed by atoms with Crippen molar-refractivity contribution in [3.8, 4) is 0 Å². The van der Waals surface area contributed by atoms with Crippen molar-refractivity contribution in [2.45, 2.75) is 38.4 Å². The molecule has 5 heteroatoms. The van der Waals surface area contributed by atoms with E-state index < -0.39 is 0 Å².